The van der Waals surface area contributed by atoms with Crippen molar-refractivity contribution in [3.8, 4) is 0 Å². The third kappa shape index (κ3) is 1.19. The number of rotatable bonds is 1. The highest BCUT2D eigenvalue weighted by Gasteiger charge is 2.21. The molecule has 2 rings (SSSR count). The lowest BCUT2D eigenvalue weighted by Gasteiger charge is -2.00. The molecular formula is C6H8N2O3. The van der Waals surface area contributed by atoms with Crippen LogP contribution in [0.5, 0.6) is 0 Å². The first-order valence-corrected chi connectivity index (χ1v) is 3.54. The second-order valence-electron chi connectivity index (χ2n) is 2.48. The Balaban J connectivity index is 2.21. The summed E-state index contributed by atoms with van der Waals surface area (Å²) < 4.78 is 9.60. The number of nitrogens with one attached hydrogen (secondary N) is 1. The van der Waals surface area contributed by atoms with E-state index >= 15 is 0 Å². The third-order valence-corrected chi connectivity index (χ3v) is 1.69. The van der Waals surface area contributed by atoms with Crippen LogP contribution >= 0.6 is 0 Å². The minimum Gasteiger partial charge on any atom is -0.370 e. The van der Waals surface area contributed by atoms with Crippen molar-refractivity contribution in [3.63, 3.8) is 0 Å². The largest absolute Gasteiger partial charge is 0.438 e. The van der Waals surface area contributed by atoms with E-state index in [4.69, 9.17) is 4.74 Å². The molecule has 1 atom stereocenters. The Bertz CT molecular complexity index is 284. The highest BCUT2D eigenvalue weighted by Crippen LogP contribution is 2.24. The first-order valence-electron chi connectivity index (χ1n) is 3.54. The van der Waals surface area contributed by atoms with Gasteiger partial charge in [0.2, 0.25) is 0 Å². The third-order valence-electron chi connectivity index (χ3n) is 1.69. The van der Waals surface area contributed by atoms with Crippen LogP contribution in [0.2, 0.25) is 0 Å². The molecular weight excluding hydrogens is 148 g/mol. The van der Waals surface area contributed by atoms with Crippen LogP contribution in [0.15, 0.2) is 9.32 Å². The Kier molecular flexibility index (Phi) is 1.50. The molecule has 0 aromatic carbocycles. The minimum atomic E-state index is -0.518. The Labute approximate surface area is 62.3 Å². The molecule has 1 aromatic rings. The minimum absolute atomic E-state index is 0.0681. The Morgan fingerprint density at radius 1 is 1.64 bits per heavy atom. The number of H-pyrrole nitrogens is 1. The lowest BCUT2D eigenvalue weighted by molar-refractivity contribution is 0.103. The monoisotopic (exact) mass is 156 g/mol. The van der Waals surface area contributed by atoms with E-state index < -0.39 is 5.76 Å². The molecule has 2 heterocycles. The molecule has 60 valence electrons. The number of hydrogen-bond acceptors (Lipinski definition) is 4. The van der Waals surface area contributed by atoms with Crippen LogP contribution in [0.25, 0.3) is 0 Å². The van der Waals surface area contributed by atoms with Crippen molar-refractivity contribution in [2.75, 3.05) is 6.61 Å². The second kappa shape index (κ2) is 2.50. The van der Waals surface area contributed by atoms with Gasteiger partial charge in [-0.15, -0.1) is 0 Å². The molecule has 0 bridgehead atoms. The van der Waals surface area contributed by atoms with E-state index in [2.05, 4.69) is 14.7 Å². The molecule has 0 amide bonds. The summed E-state index contributed by atoms with van der Waals surface area (Å²) in [5, 5.41) is 3.53. The van der Waals surface area contributed by atoms with E-state index in [0.717, 1.165) is 19.4 Å². The van der Waals surface area contributed by atoms with Gasteiger partial charge in [-0.05, 0) is 12.8 Å². The van der Waals surface area contributed by atoms with E-state index in [0.29, 0.717) is 5.82 Å². The summed E-state index contributed by atoms with van der Waals surface area (Å²) in [6.45, 7) is 0.736. The number of aromatic nitrogens is 2. The van der Waals surface area contributed by atoms with Crippen molar-refractivity contribution in [2.24, 2.45) is 0 Å². The number of aromatic amines is 1. The van der Waals surface area contributed by atoms with Crippen molar-refractivity contribution in [2.45, 2.75) is 18.9 Å². The summed E-state index contributed by atoms with van der Waals surface area (Å²) in [6.07, 6.45) is 1.85. The summed E-state index contributed by atoms with van der Waals surface area (Å²) in [6, 6.07) is 0. The summed E-state index contributed by atoms with van der Waals surface area (Å²) in [5.74, 6) is -0.0111. The van der Waals surface area contributed by atoms with Crippen LogP contribution in [-0.4, -0.2) is 16.7 Å². The van der Waals surface area contributed by atoms with Gasteiger partial charge >= 0.3 is 5.76 Å². The molecule has 5 nitrogen and oxygen atoms in total. The van der Waals surface area contributed by atoms with Crippen LogP contribution in [0.4, 0.5) is 0 Å². The molecule has 0 aliphatic carbocycles. The van der Waals surface area contributed by atoms with Crippen LogP contribution in [0.1, 0.15) is 24.8 Å². The average Bonchev–Trinajstić information content (AvgIpc) is 2.55. The first kappa shape index (κ1) is 6.60. The molecule has 1 aliphatic rings. The standard InChI is InChI=1S/C6H8N2O3/c9-6-7-5(8-11-6)4-2-1-3-10-4/h4H,1-3H2,(H,7,8,9). The summed E-state index contributed by atoms with van der Waals surface area (Å²) in [7, 11) is 0. The molecule has 5 heteroatoms. The SMILES string of the molecule is O=c1[nH]c(C2CCCO2)no1. The highest BCUT2D eigenvalue weighted by molar-refractivity contribution is 4.87. The van der Waals surface area contributed by atoms with Crippen molar-refractivity contribution < 1.29 is 9.26 Å². The van der Waals surface area contributed by atoms with Gasteiger partial charge in [0.25, 0.3) is 0 Å². The Morgan fingerprint density at radius 2 is 2.55 bits per heavy atom. The van der Waals surface area contributed by atoms with Crippen molar-refractivity contribution in [1.29, 1.82) is 0 Å². The van der Waals surface area contributed by atoms with Gasteiger partial charge in [0, 0.05) is 6.61 Å². The number of hydrogen-bond donors (Lipinski definition) is 1. The van der Waals surface area contributed by atoms with Gasteiger partial charge in [0.1, 0.15) is 6.10 Å². The molecule has 1 aromatic heterocycles. The van der Waals surface area contributed by atoms with E-state index in [1.54, 1.807) is 0 Å². The fourth-order valence-electron chi connectivity index (χ4n) is 1.17. The zero-order valence-electron chi connectivity index (χ0n) is 5.87. The van der Waals surface area contributed by atoms with Gasteiger partial charge in [0.15, 0.2) is 5.82 Å². The zero-order chi connectivity index (χ0) is 7.68. The summed E-state index contributed by atoms with van der Waals surface area (Å²) in [5.41, 5.74) is 0. The molecule has 1 fully saturated rings. The molecule has 1 saturated heterocycles. The van der Waals surface area contributed by atoms with Gasteiger partial charge in [-0.3, -0.25) is 9.51 Å². The van der Waals surface area contributed by atoms with E-state index in [1.807, 2.05) is 0 Å². The smallest absolute Gasteiger partial charge is 0.370 e. The maximum absolute atomic E-state index is 10.5. The molecule has 0 saturated carbocycles. The summed E-state index contributed by atoms with van der Waals surface area (Å²) >= 11 is 0. The molecule has 0 spiro atoms. The van der Waals surface area contributed by atoms with E-state index in [-0.39, 0.29) is 6.10 Å². The molecule has 1 aliphatic heterocycles. The maximum Gasteiger partial charge on any atom is 0.438 e. The van der Waals surface area contributed by atoms with Crippen molar-refractivity contribution in [1.82, 2.24) is 10.1 Å². The average molecular weight is 156 g/mol. The topological polar surface area (TPSA) is 68.1 Å². The molecule has 11 heavy (non-hydrogen) atoms. The van der Waals surface area contributed by atoms with Gasteiger partial charge in [-0.2, -0.15) is 0 Å². The van der Waals surface area contributed by atoms with Crippen molar-refractivity contribution >= 4 is 0 Å². The quantitative estimate of drug-likeness (QED) is 0.631. The van der Waals surface area contributed by atoms with Crippen LogP contribution in [0, 0.1) is 0 Å². The van der Waals surface area contributed by atoms with Gasteiger partial charge in [-0.25, -0.2) is 4.79 Å². The molecule has 1 N–H and O–H groups in total. The van der Waals surface area contributed by atoms with Gasteiger partial charge in [0.05, 0.1) is 0 Å². The number of ether oxygens (including phenoxy) is 1. The fraction of sp³-hybridized carbons (Fsp3) is 0.667. The lowest BCUT2D eigenvalue weighted by atomic mass is 10.2. The van der Waals surface area contributed by atoms with Gasteiger partial charge in [-0.1, -0.05) is 5.16 Å². The maximum atomic E-state index is 10.5. The zero-order valence-corrected chi connectivity index (χ0v) is 5.87. The van der Waals surface area contributed by atoms with Crippen LogP contribution < -0.4 is 5.76 Å². The van der Waals surface area contributed by atoms with E-state index in [9.17, 15) is 4.79 Å². The van der Waals surface area contributed by atoms with E-state index in [1.165, 1.54) is 0 Å². The fourth-order valence-corrected chi connectivity index (χ4v) is 1.17. The predicted octanol–water partition coefficient (Wildman–Crippen LogP) is 0.214. The summed E-state index contributed by atoms with van der Waals surface area (Å²) in [4.78, 5) is 13.0. The molecule has 1 unspecified atom stereocenters. The van der Waals surface area contributed by atoms with Crippen molar-refractivity contribution in [3.05, 3.63) is 16.4 Å². The predicted molar refractivity (Wildman–Crippen MR) is 35.1 cm³/mol. The van der Waals surface area contributed by atoms with Crippen LogP contribution in [-0.2, 0) is 4.74 Å². The highest BCUT2D eigenvalue weighted by atomic mass is 16.5. The van der Waals surface area contributed by atoms with Crippen LogP contribution in [0.3, 0.4) is 0 Å². The Morgan fingerprint density at radius 3 is 3.09 bits per heavy atom. The lowest BCUT2D eigenvalue weighted by Crippen LogP contribution is -2.02. The Hall–Kier alpha value is -1.10. The molecule has 0 radical (unpaired) electrons. The number of nitrogens with zero attached hydrogens (tertiary/aromatic N) is 1. The normalized spacial score (nSPS) is 24.2. The second-order valence-corrected chi connectivity index (χ2v) is 2.48. The first-order chi connectivity index (χ1) is 5.36. The van der Waals surface area contributed by atoms with Gasteiger partial charge < -0.3 is 4.74 Å².